The number of fused-ring (bicyclic) bond motifs is 1. The molecule has 0 aliphatic carbocycles. The Morgan fingerprint density at radius 2 is 1.67 bits per heavy atom. The molecule has 0 aliphatic heterocycles. The van der Waals surface area contributed by atoms with E-state index in [1.54, 1.807) is 26.5 Å². The second-order valence-electron chi connectivity index (χ2n) is 7.01. The van der Waals surface area contributed by atoms with E-state index in [-0.39, 0.29) is 5.91 Å². The molecule has 0 aliphatic rings. The molecule has 152 valence electrons. The van der Waals surface area contributed by atoms with E-state index in [4.69, 9.17) is 9.47 Å². The van der Waals surface area contributed by atoms with Gasteiger partial charge in [-0.05, 0) is 40.6 Å². The summed E-state index contributed by atoms with van der Waals surface area (Å²) in [6, 6.07) is 18.7. The maximum Gasteiger partial charge on any atom is 0.252 e. The van der Waals surface area contributed by atoms with Gasteiger partial charge in [0.1, 0.15) is 23.4 Å². The molecule has 1 N–H and O–H groups in total. The molecule has 6 nitrogen and oxygen atoms in total. The highest BCUT2D eigenvalue weighted by Gasteiger charge is 2.23. The summed E-state index contributed by atoms with van der Waals surface area (Å²) in [7, 11) is 5.10. The van der Waals surface area contributed by atoms with Gasteiger partial charge < -0.3 is 19.4 Å². The first-order valence-corrected chi connectivity index (χ1v) is 9.59. The minimum absolute atomic E-state index is 0.185. The molecule has 0 fully saturated rings. The van der Waals surface area contributed by atoms with Crippen molar-refractivity contribution in [3.05, 3.63) is 90.0 Å². The molecule has 0 saturated carbocycles. The van der Waals surface area contributed by atoms with Crippen LogP contribution in [0.2, 0.25) is 0 Å². The number of aromatic nitrogens is 2. The Morgan fingerprint density at radius 3 is 2.30 bits per heavy atom. The molecule has 0 spiro atoms. The van der Waals surface area contributed by atoms with Crippen LogP contribution in [0.15, 0.2) is 73.1 Å². The van der Waals surface area contributed by atoms with Crippen LogP contribution in [0.3, 0.4) is 0 Å². The Bertz CT molecular complexity index is 1180. The van der Waals surface area contributed by atoms with Crippen LogP contribution in [0.4, 0.5) is 0 Å². The van der Waals surface area contributed by atoms with E-state index in [1.165, 1.54) is 0 Å². The number of rotatable bonds is 6. The van der Waals surface area contributed by atoms with Crippen molar-refractivity contribution in [2.45, 2.75) is 6.04 Å². The first-order chi connectivity index (χ1) is 14.6. The summed E-state index contributed by atoms with van der Waals surface area (Å²) >= 11 is 0. The molecule has 1 amide bonds. The van der Waals surface area contributed by atoms with Crippen LogP contribution >= 0.6 is 0 Å². The second-order valence-corrected chi connectivity index (χ2v) is 7.01. The van der Waals surface area contributed by atoms with E-state index in [9.17, 15) is 4.79 Å². The molecule has 4 aromatic rings. The molecule has 0 radical (unpaired) electrons. The highest BCUT2D eigenvalue weighted by atomic mass is 16.5. The number of hydrogen-bond donors (Lipinski definition) is 1. The van der Waals surface area contributed by atoms with Crippen LogP contribution in [-0.2, 0) is 7.05 Å². The molecule has 1 heterocycles. The summed E-state index contributed by atoms with van der Waals surface area (Å²) in [5, 5.41) is 5.23. The molecule has 1 aromatic heterocycles. The maximum absolute atomic E-state index is 13.2. The smallest absolute Gasteiger partial charge is 0.252 e. The predicted molar refractivity (Wildman–Crippen MR) is 116 cm³/mol. The van der Waals surface area contributed by atoms with E-state index in [0.29, 0.717) is 22.9 Å². The number of nitrogens with zero attached hydrogens (tertiary/aromatic N) is 2. The number of benzene rings is 3. The number of carbonyl (C=O) groups excluding carboxylic acids is 1. The van der Waals surface area contributed by atoms with Gasteiger partial charge in [-0.25, -0.2) is 4.98 Å². The van der Waals surface area contributed by atoms with Crippen LogP contribution in [0.25, 0.3) is 10.8 Å². The minimum Gasteiger partial charge on any atom is -0.497 e. The van der Waals surface area contributed by atoms with Crippen molar-refractivity contribution >= 4 is 16.7 Å². The molecule has 4 rings (SSSR count). The molecular formula is C24H23N3O3. The highest BCUT2D eigenvalue weighted by molar-refractivity contribution is 5.98. The van der Waals surface area contributed by atoms with Gasteiger partial charge in [-0.3, -0.25) is 4.79 Å². The lowest BCUT2D eigenvalue weighted by Crippen LogP contribution is -2.31. The van der Waals surface area contributed by atoms with Gasteiger partial charge in [-0.1, -0.05) is 30.3 Å². The summed E-state index contributed by atoms with van der Waals surface area (Å²) in [6.07, 6.45) is 3.56. The van der Waals surface area contributed by atoms with Gasteiger partial charge in [-0.2, -0.15) is 0 Å². The Labute approximate surface area is 175 Å². The Morgan fingerprint density at radius 1 is 0.967 bits per heavy atom. The lowest BCUT2D eigenvalue weighted by atomic mass is 10.0. The SMILES string of the molecule is COc1cc(OC)cc(C(NC(=O)c2ccc3ccccc3c2)c2nccn2C)c1. The summed E-state index contributed by atoms with van der Waals surface area (Å²) in [5.41, 5.74) is 1.40. The fourth-order valence-electron chi connectivity index (χ4n) is 3.49. The molecule has 3 aromatic carbocycles. The van der Waals surface area contributed by atoms with Crippen LogP contribution in [-0.4, -0.2) is 29.7 Å². The van der Waals surface area contributed by atoms with Crippen molar-refractivity contribution in [1.82, 2.24) is 14.9 Å². The van der Waals surface area contributed by atoms with E-state index >= 15 is 0 Å². The third kappa shape index (κ3) is 3.85. The molecule has 30 heavy (non-hydrogen) atoms. The predicted octanol–water partition coefficient (Wildman–Crippen LogP) is 4.11. The van der Waals surface area contributed by atoms with Crippen LogP contribution < -0.4 is 14.8 Å². The van der Waals surface area contributed by atoms with Crippen molar-refractivity contribution in [2.24, 2.45) is 7.05 Å². The molecule has 1 unspecified atom stereocenters. The van der Waals surface area contributed by atoms with Crippen molar-refractivity contribution < 1.29 is 14.3 Å². The van der Waals surface area contributed by atoms with Crippen molar-refractivity contribution in [3.8, 4) is 11.5 Å². The zero-order valence-electron chi connectivity index (χ0n) is 17.1. The molecule has 0 bridgehead atoms. The first-order valence-electron chi connectivity index (χ1n) is 9.59. The van der Waals surface area contributed by atoms with Gasteiger partial charge in [0.2, 0.25) is 0 Å². The van der Waals surface area contributed by atoms with Gasteiger partial charge in [0.05, 0.1) is 14.2 Å². The number of ether oxygens (including phenoxy) is 2. The molecule has 0 saturated heterocycles. The van der Waals surface area contributed by atoms with E-state index in [0.717, 1.165) is 16.3 Å². The third-order valence-corrected chi connectivity index (χ3v) is 5.11. The lowest BCUT2D eigenvalue weighted by Gasteiger charge is -2.20. The normalized spacial score (nSPS) is 11.8. The quantitative estimate of drug-likeness (QED) is 0.528. The summed E-state index contributed by atoms with van der Waals surface area (Å²) in [6.45, 7) is 0. The number of methoxy groups -OCH3 is 2. The third-order valence-electron chi connectivity index (χ3n) is 5.11. The zero-order chi connectivity index (χ0) is 21.1. The van der Waals surface area contributed by atoms with E-state index in [2.05, 4.69) is 10.3 Å². The first kappa shape index (κ1) is 19.5. The number of amides is 1. The summed E-state index contributed by atoms with van der Waals surface area (Å²) < 4.78 is 12.7. The van der Waals surface area contributed by atoms with Gasteiger partial charge in [0.25, 0.3) is 5.91 Å². The minimum atomic E-state index is -0.479. The fourth-order valence-corrected chi connectivity index (χ4v) is 3.49. The Hall–Kier alpha value is -3.80. The number of hydrogen-bond acceptors (Lipinski definition) is 4. The van der Waals surface area contributed by atoms with E-state index in [1.807, 2.05) is 72.4 Å². The van der Waals surface area contributed by atoms with Crippen LogP contribution in [0.1, 0.15) is 27.8 Å². The second kappa shape index (κ2) is 8.29. The fraction of sp³-hybridized carbons (Fsp3) is 0.167. The maximum atomic E-state index is 13.2. The van der Waals surface area contributed by atoms with Crippen LogP contribution in [0, 0.1) is 0 Å². The van der Waals surface area contributed by atoms with Crippen molar-refractivity contribution in [1.29, 1.82) is 0 Å². The van der Waals surface area contributed by atoms with E-state index < -0.39 is 6.04 Å². The highest BCUT2D eigenvalue weighted by Crippen LogP contribution is 2.30. The van der Waals surface area contributed by atoms with Gasteiger partial charge in [-0.15, -0.1) is 0 Å². The number of carbonyl (C=O) groups is 1. The Balaban J connectivity index is 1.73. The summed E-state index contributed by atoms with van der Waals surface area (Å²) in [5.74, 6) is 1.81. The van der Waals surface area contributed by atoms with Gasteiger partial charge in [0, 0.05) is 31.1 Å². The van der Waals surface area contributed by atoms with Crippen molar-refractivity contribution in [2.75, 3.05) is 14.2 Å². The zero-order valence-corrected chi connectivity index (χ0v) is 17.1. The van der Waals surface area contributed by atoms with Gasteiger partial charge in [0.15, 0.2) is 0 Å². The average molecular weight is 401 g/mol. The molecule has 6 heteroatoms. The monoisotopic (exact) mass is 401 g/mol. The standard InChI is InChI=1S/C24H23N3O3/c1-27-11-10-25-23(27)22(19-13-20(29-2)15-21(14-19)30-3)26-24(28)18-9-8-16-6-4-5-7-17(16)12-18/h4-15,22H,1-3H3,(H,26,28). The topological polar surface area (TPSA) is 65.4 Å². The lowest BCUT2D eigenvalue weighted by molar-refractivity contribution is 0.0941. The summed E-state index contributed by atoms with van der Waals surface area (Å²) in [4.78, 5) is 17.6. The average Bonchev–Trinajstić information content (AvgIpc) is 3.21. The number of nitrogens with one attached hydrogen (secondary N) is 1. The number of aryl methyl sites for hydroxylation is 1. The largest absolute Gasteiger partial charge is 0.497 e. The number of imidazole rings is 1. The van der Waals surface area contributed by atoms with Crippen molar-refractivity contribution in [3.63, 3.8) is 0 Å². The van der Waals surface area contributed by atoms with Crippen LogP contribution in [0.5, 0.6) is 11.5 Å². The molecule has 1 atom stereocenters. The Kier molecular flexibility index (Phi) is 5.39. The molecular weight excluding hydrogens is 378 g/mol. The van der Waals surface area contributed by atoms with Gasteiger partial charge >= 0.3 is 0 Å².